The van der Waals surface area contributed by atoms with Gasteiger partial charge in [-0.2, -0.15) is 0 Å². The number of carbonyl (C=O) groups is 1. The highest BCUT2D eigenvalue weighted by atomic mass is 32.2. The Labute approximate surface area is 91.5 Å². The van der Waals surface area contributed by atoms with Crippen LogP contribution in [0.25, 0.3) is 0 Å². The fourth-order valence-corrected chi connectivity index (χ4v) is 1.91. The molecule has 0 aromatic rings. The molecule has 90 valence electrons. The van der Waals surface area contributed by atoms with E-state index in [0.717, 1.165) is 0 Å². The highest BCUT2D eigenvalue weighted by Crippen LogP contribution is 2.07. The summed E-state index contributed by atoms with van der Waals surface area (Å²) < 4.78 is 25.3. The van der Waals surface area contributed by atoms with Gasteiger partial charge < -0.3 is 5.73 Å². The number of primary amides is 1. The molecule has 15 heavy (non-hydrogen) atoms. The second-order valence-corrected chi connectivity index (χ2v) is 6.56. The van der Waals surface area contributed by atoms with Gasteiger partial charge >= 0.3 is 0 Å². The molecule has 0 aromatic heterocycles. The lowest BCUT2D eigenvalue weighted by molar-refractivity contribution is -0.119. The lowest BCUT2D eigenvalue weighted by atomic mass is 10.0. The highest BCUT2D eigenvalue weighted by molar-refractivity contribution is 7.90. The first-order valence-corrected chi connectivity index (χ1v) is 6.52. The van der Waals surface area contributed by atoms with Gasteiger partial charge in [0.25, 0.3) is 0 Å². The maximum absolute atomic E-state index is 11.5. The van der Waals surface area contributed by atoms with Gasteiger partial charge in [-0.15, -0.1) is 0 Å². The van der Waals surface area contributed by atoms with Gasteiger partial charge in [0, 0.05) is 0 Å². The van der Waals surface area contributed by atoms with E-state index in [0.29, 0.717) is 6.42 Å². The molecule has 0 bridgehead atoms. The van der Waals surface area contributed by atoms with Crippen LogP contribution in [-0.4, -0.2) is 25.6 Å². The average molecular weight is 236 g/mol. The van der Waals surface area contributed by atoms with Gasteiger partial charge in [-0.05, 0) is 26.2 Å². The minimum atomic E-state index is -3.44. The van der Waals surface area contributed by atoms with Gasteiger partial charge in [0.05, 0.1) is 5.25 Å². The zero-order valence-corrected chi connectivity index (χ0v) is 10.5. The van der Waals surface area contributed by atoms with Crippen LogP contribution in [-0.2, 0) is 14.8 Å². The number of carbonyl (C=O) groups excluding carboxylic acids is 1. The van der Waals surface area contributed by atoms with E-state index in [1.165, 1.54) is 0 Å². The molecule has 0 rings (SSSR count). The Morgan fingerprint density at radius 2 is 1.73 bits per heavy atom. The van der Waals surface area contributed by atoms with E-state index >= 15 is 0 Å². The molecule has 0 aromatic carbocycles. The van der Waals surface area contributed by atoms with Crippen molar-refractivity contribution in [1.82, 2.24) is 4.72 Å². The van der Waals surface area contributed by atoms with E-state index in [1.807, 2.05) is 13.8 Å². The molecule has 0 unspecified atom stereocenters. The van der Waals surface area contributed by atoms with Crippen molar-refractivity contribution in [2.45, 2.75) is 45.4 Å². The molecule has 0 spiro atoms. The van der Waals surface area contributed by atoms with Crippen molar-refractivity contribution in [3.63, 3.8) is 0 Å². The molecule has 0 fully saturated rings. The van der Waals surface area contributed by atoms with E-state index in [9.17, 15) is 13.2 Å². The predicted molar refractivity (Wildman–Crippen MR) is 59.6 cm³/mol. The molecule has 1 amide bonds. The number of hydrogen-bond acceptors (Lipinski definition) is 3. The van der Waals surface area contributed by atoms with E-state index in [2.05, 4.69) is 4.72 Å². The zero-order chi connectivity index (χ0) is 12.2. The van der Waals surface area contributed by atoms with Crippen LogP contribution >= 0.6 is 0 Å². The Morgan fingerprint density at radius 1 is 1.27 bits per heavy atom. The summed E-state index contributed by atoms with van der Waals surface area (Å²) in [7, 11) is -3.44. The smallest absolute Gasteiger partial charge is 0.235 e. The van der Waals surface area contributed by atoms with Crippen molar-refractivity contribution in [3.05, 3.63) is 0 Å². The Kier molecular flexibility index (Phi) is 5.23. The molecular formula is C9H20N2O3S. The van der Waals surface area contributed by atoms with E-state index in [-0.39, 0.29) is 5.92 Å². The van der Waals surface area contributed by atoms with Crippen molar-refractivity contribution in [2.24, 2.45) is 11.7 Å². The van der Waals surface area contributed by atoms with E-state index in [1.54, 1.807) is 13.8 Å². The van der Waals surface area contributed by atoms with Crippen molar-refractivity contribution >= 4 is 15.9 Å². The van der Waals surface area contributed by atoms with Crippen LogP contribution in [0.15, 0.2) is 0 Å². The number of rotatable bonds is 6. The molecule has 5 nitrogen and oxygen atoms in total. The Hall–Kier alpha value is -0.620. The fourth-order valence-electron chi connectivity index (χ4n) is 1.03. The second-order valence-electron chi connectivity index (χ2n) is 4.30. The minimum absolute atomic E-state index is 0.206. The molecule has 0 aliphatic heterocycles. The van der Waals surface area contributed by atoms with Gasteiger partial charge in [-0.3, -0.25) is 4.79 Å². The minimum Gasteiger partial charge on any atom is -0.368 e. The molecule has 0 aliphatic rings. The molecule has 0 aliphatic carbocycles. The monoisotopic (exact) mass is 236 g/mol. The molecule has 0 radical (unpaired) electrons. The quantitative estimate of drug-likeness (QED) is 0.691. The summed E-state index contributed by atoms with van der Waals surface area (Å²) in [5.41, 5.74) is 5.13. The topological polar surface area (TPSA) is 89.3 Å². The van der Waals surface area contributed by atoms with Gasteiger partial charge in [-0.25, -0.2) is 13.1 Å². The number of nitrogens with two attached hydrogens (primary N) is 1. The Balaban J connectivity index is 4.63. The second kappa shape index (κ2) is 5.46. The molecule has 0 saturated heterocycles. The standard InChI is InChI=1S/C9H20N2O3S/c1-6(2)5-8(9(10)12)11-15(13,14)7(3)4/h6-8,11H,5H2,1-4H3,(H2,10,12)/t8-/m0/s1. The number of sulfonamides is 1. The van der Waals surface area contributed by atoms with Crippen LogP contribution in [0.5, 0.6) is 0 Å². The van der Waals surface area contributed by atoms with Crippen molar-refractivity contribution in [3.8, 4) is 0 Å². The molecule has 0 saturated carbocycles. The van der Waals surface area contributed by atoms with E-state index in [4.69, 9.17) is 5.73 Å². The molecule has 1 atom stereocenters. The third kappa shape index (κ3) is 5.13. The SMILES string of the molecule is CC(C)C[C@H](NS(=O)(=O)C(C)C)C(N)=O. The third-order valence-electron chi connectivity index (χ3n) is 1.98. The average Bonchev–Trinajstić information content (AvgIpc) is 2.01. The highest BCUT2D eigenvalue weighted by Gasteiger charge is 2.25. The zero-order valence-electron chi connectivity index (χ0n) is 9.65. The van der Waals surface area contributed by atoms with E-state index < -0.39 is 27.2 Å². The summed E-state index contributed by atoms with van der Waals surface area (Å²) in [5, 5.41) is -0.563. The van der Waals surface area contributed by atoms with Crippen LogP contribution < -0.4 is 10.5 Å². The maximum Gasteiger partial charge on any atom is 0.235 e. The van der Waals surface area contributed by atoms with Crippen molar-refractivity contribution < 1.29 is 13.2 Å². The summed E-state index contributed by atoms with van der Waals surface area (Å²) in [6, 6.07) is -0.808. The summed E-state index contributed by atoms with van der Waals surface area (Å²) in [4.78, 5) is 11.0. The van der Waals surface area contributed by atoms with Crippen LogP contribution in [0.4, 0.5) is 0 Å². The van der Waals surface area contributed by atoms with Crippen molar-refractivity contribution in [1.29, 1.82) is 0 Å². The summed E-state index contributed by atoms with van der Waals surface area (Å²) in [6.07, 6.45) is 0.418. The van der Waals surface area contributed by atoms with Gasteiger partial charge in [0.2, 0.25) is 15.9 Å². The molecule has 3 N–H and O–H groups in total. The number of hydrogen-bond donors (Lipinski definition) is 2. The first-order valence-electron chi connectivity index (χ1n) is 4.97. The molecule has 6 heteroatoms. The van der Waals surface area contributed by atoms with Crippen LogP contribution in [0.2, 0.25) is 0 Å². The number of amides is 1. The lowest BCUT2D eigenvalue weighted by Gasteiger charge is -2.18. The summed E-state index contributed by atoms with van der Waals surface area (Å²) >= 11 is 0. The van der Waals surface area contributed by atoms with Crippen molar-refractivity contribution in [2.75, 3.05) is 0 Å². The molecule has 0 heterocycles. The van der Waals surface area contributed by atoms with Crippen LogP contribution in [0, 0.1) is 5.92 Å². The Bertz CT molecular complexity index is 309. The fraction of sp³-hybridized carbons (Fsp3) is 0.889. The number of nitrogens with one attached hydrogen (secondary N) is 1. The largest absolute Gasteiger partial charge is 0.368 e. The van der Waals surface area contributed by atoms with Gasteiger partial charge in [0.1, 0.15) is 6.04 Å². The maximum atomic E-state index is 11.5. The Morgan fingerprint density at radius 3 is 2.00 bits per heavy atom. The van der Waals surface area contributed by atoms with Gasteiger partial charge in [-0.1, -0.05) is 13.8 Å². The summed E-state index contributed by atoms with van der Waals surface area (Å²) in [6.45, 7) is 6.91. The first-order chi connectivity index (χ1) is 6.66. The summed E-state index contributed by atoms with van der Waals surface area (Å²) in [5.74, 6) is -0.426. The van der Waals surface area contributed by atoms with Crippen LogP contribution in [0.1, 0.15) is 34.1 Å². The molecular weight excluding hydrogens is 216 g/mol. The third-order valence-corrected chi connectivity index (χ3v) is 3.83. The predicted octanol–water partition coefficient (Wildman–Crippen LogP) is 0.214. The lowest BCUT2D eigenvalue weighted by Crippen LogP contribution is -2.47. The van der Waals surface area contributed by atoms with Gasteiger partial charge in [0.15, 0.2) is 0 Å². The first kappa shape index (κ1) is 14.4. The normalized spacial score (nSPS) is 14.5. The van der Waals surface area contributed by atoms with Crippen LogP contribution in [0.3, 0.4) is 0 Å².